The van der Waals surface area contributed by atoms with Crippen LogP contribution in [0.25, 0.3) is 0 Å². The van der Waals surface area contributed by atoms with E-state index in [1.165, 1.54) is 11.1 Å². The summed E-state index contributed by atoms with van der Waals surface area (Å²) in [5, 5.41) is 2.87. The molecule has 0 aliphatic rings. The van der Waals surface area contributed by atoms with Gasteiger partial charge in [-0.15, -0.1) is 0 Å². The van der Waals surface area contributed by atoms with Crippen LogP contribution in [-0.2, 0) is 11.2 Å². The minimum Gasteiger partial charge on any atom is -0.492 e. The van der Waals surface area contributed by atoms with E-state index >= 15 is 0 Å². The number of amides is 1. The second-order valence-electron chi connectivity index (χ2n) is 5.25. The molecule has 2 rings (SSSR count). The van der Waals surface area contributed by atoms with Crippen LogP contribution in [0.5, 0.6) is 5.75 Å². The van der Waals surface area contributed by atoms with Gasteiger partial charge in [-0.1, -0.05) is 34.1 Å². The van der Waals surface area contributed by atoms with Crippen LogP contribution in [0.4, 0.5) is 0 Å². The van der Waals surface area contributed by atoms with Crippen LogP contribution in [0, 0.1) is 13.8 Å². The molecule has 1 N–H and O–H groups in total. The summed E-state index contributed by atoms with van der Waals surface area (Å²) in [5.41, 5.74) is 3.45. The summed E-state index contributed by atoms with van der Waals surface area (Å²) in [6.07, 6.45) is 0.386. The SMILES string of the molecule is Cc1ccc(OCCNC(=O)Cc2ccc(Br)cc2)cc1C. The Morgan fingerprint density at radius 3 is 2.50 bits per heavy atom. The number of nitrogens with one attached hydrogen (secondary N) is 1. The molecule has 0 saturated carbocycles. The summed E-state index contributed by atoms with van der Waals surface area (Å²) in [4.78, 5) is 11.8. The van der Waals surface area contributed by atoms with Gasteiger partial charge in [0.1, 0.15) is 12.4 Å². The molecule has 0 radical (unpaired) electrons. The van der Waals surface area contributed by atoms with E-state index in [2.05, 4.69) is 35.1 Å². The number of rotatable bonds is 6. The maximum atomic E-state index is 11.8. The molecule has 4 heteroatoms. The molecule has 0 aromatic heterocycles. The lowest BCUT2D eigenvalue weighted by molar-refractivity contribution is -0.120. The van der Waals surface area contributed by atoms with Crippen molar-refractivity contribution in [3.8, 4) is 5.75 Å². The smallest absolute Gasteiger partial charge is 0.224 e. The molecule has 2 aromatic carbocycles. The number of carbonyl (C=O) groups is 1. The predicted octanol–water partition coefficient (Wildman–Crippen LogP) is 3.80. The van der Waals surface area contributed by atoms with Crippen molar-refractivity contribution in [2.75, 3.05) is 13.2 Å². The number of ether oxygens (including phenoxy) is 1. The van der Waals surface area contributed by atoms with Crippen LogP contribution in [0.15, 0.2) is 46.9 Å². The Bertz CT molecular complexity index is 638. The molecule has 0 heterocycles. The molecular weight excluding hydrogens is 342 g/mol. The van der Waals surface area contributed by atoms with Gasteiger partial charge in [-0.05, 0) is 54.8 Å². The first-order valence-electron chi connectivity index (χ1n) is 7.26. The van der Waals surface area contributed by atoms with Crippen LogP contribution >= 0.6 is 15.9 Å². The molecule has 0 aliphatic carbocycles. The summed E-state index contributed by atoms with van der Waals surface area (Å²) in [6.45, 7) is 5.10. The first-order valence-corrected chi connectivity index (χ1v) is 8.05. The lowest BCUT2D eigenvalue weighted by Gasteiger charge is -2.09. The first-order chi connectivity index (χ1) is 10.5. The molecule has 2 aromatic rings. The van der Waals surface area contributed by atoms with E-state index in [-0.39, 0.29) is 5.91 Å². The van der Waals surface area contributed by atoms with Crippen molar-refractivity contribution >= 4 is 21.8 Å². The fourth-order valence-corrected chi connectivity index (χ4v) is 2.28. The van der Waals surface area contributed by atoms with Gasteiger partial charge in [-0.3, -0.25) is 4.79 Å². The number of hydrogen-bond acceptors (Lipinski definition) is 2. The van der Waals surface area contributed by atoms with Gasteiger partial charge >= 0.3 is 0 Å². The van der Waals surface area contributed by atoms with Crippen molar-refractivity contribution in [1.82, 2.24) is 5.32 Å². The summed E-state index contributed by atoms with van der Waals surface area (Å²) < 4.78 is 6.65. The molecule has 0 bridgehead atoms. The highest BCUT2D eigenvalue weighted by Gasteiger charge is 2.03. The zero-order valence-electron chi connectivity index (χ0n) is 12.9. The lowest BCUT2D eigenvalue weighted by atomic mass is 10.1. The maximum Gasteiger partial charge on any atom is 0.224 e. The summed E-state index contributed by atoms with van der Waals surface area (Å²) >= 11 is 3.38. The van der Waals surface area contributed by atoms with Crippen LogP contribution in [-0.4, -0.2) is 19.1 Å². The summed E-state index contributed by atoms with van der Waals surface area (Å²) in [5.74, 6) is 0.844. The van der Waals surface area contributed by atoms with Gasteiger partial charge in [0, 0.05) is 4.47 Å². The quantitative estimate of drug-likeness (QED) is 0.794. The van der Waals surface area contributed by atoms with Gasteiger partial charge in [0.15, 0.2) is 0 Å². The molecule has 0 spiro atoms. The highest BCUT2D eigenvalue weighted by atomic mass is 79.9. The minimum atomic E-state index is 0.00556. The number of benzene rings is 2. The van der Waals surface area contributed by atoms with Crippen molar-refractivity contribution in [3.63, 3.8) is 0 Å². The number of hydrogen-bond donors (Lipinski definition) is 1. The Balaban J connectivity index is 1.70. The van der Waals surface area contributed by atoms with Crippen LogP contribution in [0.2, 0.25) is 0 Å². The van der Waals surface area contributed by atoms with E-state index in [1.807, 2.05) is 42.5 Å². The first kappa shape index (κ1) is 16.6. The second-order valence-corrected chi connectivity index (χ2v) is 6.16. The normalized spacial score (nSPS) is 10.3. The van der Waals surface area contributed by atoms with E-state index in [4.69, 9.17) is 4.74 Å². The number of carbonyl (C=O) groups excluding carboxylic acids is 1. The van der Waals surface area contributed by atoms with Crippen molar-refractivity contribution < 1.29 is 9.53 Å². The standard InChI is InChI=1S/C18H20BrNO2/c1-13-3-8-17(11-14(13)2)22-10-9-20-18(21)12-15-4-6-16(19)7-5-15/h3-8,11H,9-10,12H2,1-2H3,(H,20,21). The van der Waals surface area contributed by atoms with Crippen LogP contribution in [0.1, 0.15) is 16.7 Å². The Labute approximate surface area is 139 Å². The molecule has 0 aliphatic heterocycles. The van der Waals surface area contributed by atoms with E-state index in [0.29, 0.717) is 19.6 Å². The van der Waals surface area contributed by atoms with Crippen LogP contribution in [0.3, 0.4) is 0 Å². The van der Waals surface area contributed by atoms with Gasteiger partial charge in [-0.2, -0.15) is 0 Å². The Hall–Kier alpha value is -1.81. The van der Waals surface area contributed by atoms with Crippen LogP contribution < -0.4 is 10.1 Å². The predicted molar refractivity (Wildman–Crippen MR) is 92.3 cm³/mol. The molecule has 0 fully saturated rings. The third-order valence-corrected chi connectivity index (χ3v) is 3.98. The minimum absolute atomic E-state index is 0.00556. The van der Waals surface area contributed by atoms with Gasteiger partial charge < -0.3 is 10.1 Å². The average molecular weight is 362 g/mol. The molecule has 1 amide bonds. The third kappa shape index (κ3) is 5.19. The van der Waals surface area contributed by atoms with Crippen molar-refractivity contribution in [2.24, 2.45) is 0 Å². The van der Waals surface area contributed by atoms with E-state index < -0.39 is 0 Å². The highest BCUT2D eigenvalue weighted by molar-refractivity contribution is 9.10. The molecular formula is C18H20BrNO2. The van der Waals surface area contributed by atoms with Crippen molar-refractivity contribution in [3.05, 3.63) is 63.6 Å². The fraction of sp³-hybridized carbons (Fsp3) is 0.278. The Kier molecular flexibility index (Phi) is 6.01. The van der Waals surface area contributed by atoms with Gasteiger partial charge in [-0.25, -0.2) is 0 Å². The largest absolute Gasteiger partial charge is 0.492 e. The van der Waals surface area contributed by atoms with Gasteiger partial charge in [0.2, 0.25) is 5.91 Å². The number of halogens is 1. The molecule has 0 saturated heterocycles. The zero-order valence-corrected chi connectivity index (χ0v) is 14.4. The Morgan fingerprint density at radius 2 is 1.82 bits per heavy atom. The fourth-order valence-electron chi connectivity index (χ4n) is 2.01. The highest BCUT2D eigenvalue weighted by Crippen LogP contribution is 2.16. The van der Waals surface area contributed by atoms with Gasteiger partial charge in [0.25, 0.3) is 0 Å². The third-order valence-electron chi connectivity index (χ3n) is 3.45. The summed E-state index contributed by atoms with van der Waals surface area (Å²) in [7, 11) is 0. The lowest BCUT2D eigenvalue weighted by Crippen LogP contribution is -2.29. The van der Waals surface area contributed by atoms with Crippen molar-refractivity contribution in [1.29, 1.82) is 0 Å². The molecule has 22 heavy (non-hydrogen) atoms. The molecule has 0 unspecified atom stereocenters. The molecule has 0 atom stereocenters. The monoisotopic (exact) mass is 361 g/mol. The molecule has 116 valence electrons. The number of aryl methyl sites for hydroxylation is 2. The van der Waals surface area contributed by atoms with E-state index in [1.54, 1.807) is 0 Å². The van der Waals surface area contributed by atoms with Gasteiger partial charge in [0.05, 0.1) is 13.0 Å². The molecule has 3 nitrogen and oxygen atoms in total. The summed E-state index contributed by atoms with van der Waals surface area (Å²) in [6, 6.07) is 13.8. The second kappa shape index (κ2) is 7.99. The topological polar surface area (TPSA) is 38.3 Å². The maximum absolute atomic E-state index is 11.8. The Morgan fingerprint density at radius 1 is 1.09 bits per heavy atom. The zero-order chi connectivity index (χ0) is 15.9. The van der Waals surface area contributed by atoms with E-state index in [9.17, 15) is 4.79 Å². The van der Waals surface area contributed by atoms with Crippen molar-refractivity contribution in [2.45, 2.75) is 20.3 Å². The van der Waals surface area contributed by atoms with E-state index in [0.717, 1.165) is 15.8 Å². The average Bonchev–Trinajstić information content (AvgIpc) is 2.49.